The lowest BCUT2D eigenvalue weighted by atomic mass is 10.0. The molecule has 0 unspecified atom stereocenters. The van der Waals surface area contributed by atoms with Gasteiger partial charge in [0.1, 0.15) is 47.7 Å². The van der Waals surface area contributed by atoms with Gasteiger partial charge in [-0.15, -0.1) is 0 Å². The van der Waals surface area contributed by atoms with E-state index in [0.717, 1.165) is 16.7 Å². The Balaban J connectivity index is 1.54. The molecule has 1 aromatic heterocycles. The molecular weight excluding hydrogens is 440 g/mol. The number of hydrogen-bond donors (Lipinski definition) is 0. The van der Waals surface area contributed by atoms with Gasteiger partial charge in [-0.3, -0.25) is 4.79 Å². The smallest absolute Gasteiger partial charge is 0.204 e. The van der Waals surface area contributed by atoms with Crippen molar-refractivity contribution in [3.05, 3.63) is 125 Å². The van der Waals surface area contributed by atoms with Crippen LogP contribution in [-0.2, 0) is 13.2 Å². The molecule has 35 heavy (non-hydrogen) atoms. The van der Waals surface area contributed by atoms with Crippen molar-refractivity contribution in [2.45, 2.75) is 13.2 Å². The highest BCUT2D eigenvalue weighted by Gasteiger charge is 2.16. The van der Waals surface area contributed by atoms with Gasteiger partial charge in [0.15, 0.2) is 0 Å². The summed E-state index contributed by atoms with van der Waals surface area (Å²) >= 11 is 0. The monoisotopic (exact) mass is 464 g/mol. The van der Waals surface area contributed by atoms with E-state index in [0.29, 0.717) is 47.0 Å². The molecule has 0 aliphatic carbocycles. The van der Waals surface area contributed by atoms with Crippen molar-refractivity contribution in [1.29, 1.82) is 0 Å². The Labute approximate surface area is 203 Å². The first-order chi connectivity index (χ1) is 17.2. The second kappa shape index (κ2) is 10.2. The van der Waals surface area contributed by atoms with Crippen molar-refractivity contribution in [1.82, 2.24) is 0 Å². The summed E-state index contributed by atoms with van der Waals surface area (Å²) in [5.74, 6) is 1.69. The topological polar surface area (TPSA) is 57.9 Å². The Kier molecular flexibility index (Phi) is 6.48. The molecule has 0 fully saturated rings. The van der Waals surface area contributed by atoms with E-state index < -0.39 is 0 Å². The van der Waals surface area contributed by atoms with Crippen LogP contribution >= 0.6 is 0 Å². The highest BCUT2D eigenvalue weighted by molar-refractivity contribution is 5.88. The van der Waals surface area contributed by atoms with Gasteiger partial charge in [-0.05, 0) is 28.8 Å². The molecule has 0 saturated heterocycles. The van der Waals surface area contributed by atoms with Crippen LogP contribution in [0.25, 0.3) is 22.1 Å². The first kappa shape index (κ1) is 22.3. The number of hydrogen-bond acceptors (Lipinski definition) is 5. The van der Waals surface area contributed by atoms with Crippen LogP contribution in [0.2, 0.25) is 0 Å². The van der Waals surface area contributed by atoms with Gasteiger partial charge in [0.25, 0.3) is 0 Å². The van der Waals surface area contributed by atoms with Crippen LogP contribution in [0.15, 0.2) is 113 Å². The third-order valence-corrected chi connectivity index (χ3v) is 5.70. The van der Waals surface area contributed by atoms with Crippen LogP contribution in [0.1, 0.15) is 11.1 Å². The maximum absolute atomic E-state index is 13.6. The van der Waals surface area contributed by atoms with E-state index in [1.165, 1.54) is 6.26 Å². The van der Waals surface area contributed by atoms with E-state index in [9.17, 15) is 4.79 Å². The molecule has 0 radical (unpaired) electrons. The predicted molar refractivity (Wildman–Crippen MR) is 136 cm³/mol. The number of rotatable bonds is 8. The quantitative estimate of drug-likeness (QED) is 0.258. The Morgan fingerprint density at radius 2 is 1.34 bits per heavy atom. The van der Waals surface area contributed by atoms with Crippen LogP contribution in [-0.4, -0.2) is 7.11 Å². The lowest BCUT2D eigenvalue weighted by molar-refractivity contribution is 0.292. The molecule has 0 atom stereocenters. The molecule has 0 spiro atoms. The van der Waals surface area contributed by atoms with Crippen molar-refractivity contribution in [2.75, 3.05) is 7.11 Å². The van der Waals surface area contributed by atoms with E-state index >= 15 is 0 Å². The Morgan fingerprint density at radius 1 is 0.714 bits per heavy atom. The molecule has 5 heteroatoms. The van der Waals surface area contributed by atoms with E-state index in [1.807, 2.05) is 84.9 Å². The van der Waals surface area contributed by atoms with Gasteiger partial charge in [0.05, 0.1) is 12.7 Å². The largest absolute Gasteiger partial charge is 0.497 e. The third-order valence-electron chi connectivity index (χ3n) is 5.70. The summed E-state index contributed by atoms with van der Waals surface area (Å²) in [6.07, 6.45) is 1.48. The molecule has 0 aliphatic heterocycles. The Bertz CT molecular complexity index is 1470. The number of ether oxygens (including phenoxy) is 3. The molecule has 5 aromatic rings. The summed E-state index contributed by atoms with van der Waals surface area (Å²) in [7, 11) is 1.60. The average Bonchev–Trinajstić information content (AvgIpc) is 2.92. The van der Waals surface area contributed by atoms with Crippen molar-refractivity contribution in [3.8, 4) is 28.4 Å². The molecule has 1 heterocycles. The second-order valence-electron chi connectivity index (χ2n) is 8.05. The van der Waals surface area contributed by atoms with Crippen LogP contribution < -0.4 is 19.6 Å². The van der Waals surface area contributed by atoms with Crippen LogP contribution in [0.4, 0.5) is 0 Å². The summed E-state index contributed by atoms with van der Waals surface area (Å²) in [6.45, 7) is 0.697. The van der Waals surface area contributed by atoms with Gasteiger partial charge in [0.2, 0.25) is 5.43 Å². The van der Waals surface area contributed by atoms with Gasteiger partial charge < -0.3 is 18.6 Å². The normalized spacial score (nSPS) is 10.8. The Morgan fingerprint density at radius 3 is 1.97 bits per heavy atom. The summed E-state index contributed by atoms with van der Waals surface area (Å²) in [6, 6.07) is 30.5. The molecule has 5 nitrogen and oxygen atoms in total. The van der Waals surface area contributed by atoms with Gasteiger partial charge in [-0.2, -0.15) is 0 Å². The zero-order valence-corrected chi connectivity index (χ0v) is 19.3. The minimum absolute atomic E-state index is 0.172. The average molecular weight is 465 g/mol. The van der Waals surface area contributed by atoms with Gasteiger partial charge in [0, 0.05) is 12.1 Å². The predicted octanol–water partition coefficient (Wildman–Crippen LogP) is 6.63. The van der Waals surface area contributed by atoms with Crippen LogP contribution in [0, 0.1) is 0 Å². The van der Waals surface area contributed by atoms with E-state index in [2.05, 4.69) is 0 Å². The minimum atomic E-state index is -0.172. The fraction of sp³-hybridized carbons (Fsp3) is 0.100. The molecule has 0 N–H and O–H groups in total. The standard InChI is InChI=1S/C30H24O5/c1-32-24-14-12-23(13-15-24)26-20-35-28-17-25(33-18-21-8-4-2-5-9-21)16-27(29(28)30(26)31)34-19-22-10-6-3-7-11-22/h2-17,20H,18-19H2,1H3. The number of methoxy groups -OCH3 is 1. The van der Waals surface area contributed by atoms with Crippen LogP contribution in [0.5, 0.6) is 17.2 Å². The summed E-state index contributed by atoms with van der Waals surface area (Å²) in [5.41, 5.74) is 3.44. The first-order valence-electron chi connectivity index (χ1n) is 11.3. The summed E-state index contributed by atoms with van der Waals surface area (Å²) in [5, 5.41) is 0.376. The van der Waals surface area contributed by atoms with Gasteiger partial charge in [-0.25, -0.2) is 0 Å². The van der Waals surface area contributed by atoms with Gasteiger partial charge >= 0.3 is 0 Å². The minimum Gasteiger partial charge on any atom is -0.497 e. The molecule has 0 bridgehead atoms. The van der Waals surface area contributed by atoms with E-state index in [1.54, 1.807) is 19.2 Å². The summed E-state index contributed by atoms with van der Waals surface area (Å²) in [4.78, 5) is 13.6. The van der Waals surface area contributed by atoms with Crippen molar-refractivity contribution in [3.63, 3.8) is 0 Å². The zero-order chi connectivity index (χ0) is 24.0. The lowest BCUT2D eigenvalue weighted by Gasteiger charge is -2.13. The second-order valence-corrected chi connectivity index (χ2v) is 8.05. The fourth-order valence-corrected chi connectivity index (χ4v) is 3.84. The highest BCUT2D eigenvalue weighted by Crippen LogP contribution is 2.32. The van der Waals surface area contributed by atoms with Crippen molar-refractivity contribution in [2.24, 2.45) is 0 Å². The SMILES string of the molecule is COc1ccc(-c2coc3cc(OCc4ccccc4)cc(OCc4ccccc4)c3c2=O)cc1. The molecule has 0 amide bonds. The molecule has 4 aromatic carbocycles. The molecule has 0 saturated carbocycles. The highest BCUT2D eigenvalue weighted by atomic mass is 16.5. The summed E-state index contributed by atoms with van der Waals surface area (Å²) < 4.78 is 23.3. The Hall–Kier alpha value is -4.51. The van der Waals surface area contributed by atoms with Gasteiger partial charge in [-0.1, -0.05) is 72.8 Å². The first-order valence-corrected chi connectivity index (χ1v) is 11.3. The van der Waals surface area contributed by atoms with Crippen molar-refractivity contribution >= 4 is 11.0 Å². The maximum Gasteiger partial charge on any atom is 0.204 e. The third kappa shape index (κ3) is 5.04. The lowest BCUT2D eigenvalue weighted by Crippen LogP contribution is -2.08. The van der Waals surface area contributed by atoms with Crippen molar-refractivity contribution < 1.29 is 18.6 Å². The molecule has 5 rings (SSSR count). The number of benzene rings is 4. The maximum atomic E-state index is 13.6. The zero-order valence-electron chi connectivity index (χ0n) is 19.3. The van der Waals surface area contributed by atoms with E-state index in [4.69, 9.17) is 18.6 Å². The molecule has 0 aliphatic rings. The van der Waals surface area contributed by atoms with Crippen LogP contribution in [0.3, 0.4) is 0 Å². The molecule has 174 valence electrons. The van der Waals surface area contributed by atoms with E-state index in [-0.39, 0.29) is 5.43 Å². The number of fused-ring (bicyclic) bond motifs is 1. The molecular formula is C30H24O5. The fourth-order valence-electron chi connectivity index (χ4n) is 3.84.